The summed E-state index contributed by atoms with van der Waals surface area (Å²) in [6.07, 6.45) is -5.14. The van der Waals surface area contributed by atoms with Gasteiger partial charge in [-0.05, 0) is 30.2 Å². The summed E-state index contributed by atoms with van der Waals surface area (Å²) in [6.45, 7) is 1.87. The Morgan fingerprint density at radius 2 is 1.67 bits per heavy atom. The first-order valence-electron chi connectivity index (χ1n) is 8.07. The summed E-state index contributed by atoms with van der Waals surface area (Å²) in [5.74, 6) is -2.24. The van der Waals surface area contributed by atoms with Crippen molar-refractivity contribution in [1.82, 2.24) is 5.32 Å². The van der Waals surface area contributed by atoms with E-state index in [1.807, 2.05) is 36.5 Å². The number of methoxy groups -OCH3 is 1. The zero-order valence-corrected chi connectivity index (χ0v) is 14.8. The van der Waals surface area contributed by atoms with E-state index in [2.05, 4.69) is 5.32 Å². The third kappa shape index (κ3) is 5.30. The van der Waals surface area contributed by atoms with Crippen molar-refractivity contribution in [3.05, 3.63) is 65.2 Å². The molecule has 0 spiro atoms. The Hall–Kier alpha value is -2.87. The van der Waals surface area contributed by atoms with Gasteiger partial charge in [0.25, 0.3) is 0 Å². The van der Waals surface area contributed by atoms with Gasteiger partial charge in [0, 0.05) is 13.7 Å². The molecule has 0 saturated carbocycles. The maximum Gasteiger partial charge on any atom is 0.418 e. The number of carbonyl (C=O) groups excluding carboxylic acids is 2. The molecule has 5 nitrogen and oxygen atoms in total. The number of amides is 2. The molecule has 144 valence electrons. The molecule has 0 aliphatic carbocycles. The summed E-state index contributed by atoms with van der Waals surface area (Å²) in [7, 11) is 1.46. The minimum Gasteiger partial charge on any atom is -0.375 e. The van der Waals surface area contributed by atoms with Crippen LogP contribution in [0.4, 0.5) is 18.9 Å². The molecule has 1 unspecified atom stereocenters. The largest absolute Gasteiger partial charge is 0.418 e. The lowest BCUT2D eigenvalue weighted by atomic mass is 10.0. The topological polar surface area (TPSA) is 67.4 Å². The van der Waals surface area contributed by atoms with Crippen LogP contribution in [0.2, 0.25) is 0 Å². The molecule has 0 aliphatic rings. The Bertz CT molecular complexity index is 822. The van der Waals surface area contributed by atoms with Crippen LogP contribution >= 0.6 is 0 Å². The number of nitrogens with one attached hydrogen (secondary N) is 2. The highest BCUT2D eigenvalue weighted by atomic mass is 19.4. The van der Waals surface area contributed by atoms with E-state index in [-0.39, 0.29) is 6.54 Å². The number of aryl methyl sites for hydroxylation is 1. The number of anilines is 1. The molecule has 2 amide bonds. The van der Waals surface area contributed by atoms with Crippen molar-refractivity contribution in [3.8, 4) is 0 Å². The standard InChI is InChI=1S/C19H19F3N2O3/c1-12-7-3-4-8-13(12)16(27-2)11-23-17(25)18(26)24-15-10-6-5-9-14(15)19(20,21)22/h3-10,16H,11H2,1-2H3,(H,23,25)(H,24,26). The average Bonchev–Trinajstić information content (AvgIpc) is 2.62. The maximum atomic E-state index is 13.0. The molecular weight excluding hydrogens is 361 g/mol. The Balaban J connectivity index is 2.02. The number of hydrogen-bond donors (Lipinski definition) is 2. The average molecular weight is 380 g/mol. The van der Waals surface area contributed by atoms with Crippen LogP contribution in [-0.2, 0) is 20.5 Å². The molecular formula is C19H19F3N2O3. The van der Waals surface area contributed by atoms with Crippen molar-refractivity contribution < 1.29 is 27.5 Å². The number of rotatable bonds is 5. The first-order chi connectivity index (χ1) is 12.7. The van der Waals surface area contributed by atoms with E-state index < -0.39 is 35.3 Å². The Labute approximate surface area is 154 Å². The quantitative estimate of drug-likeness (QED) is 0.781. The van der Waals surface area contributed by atoms with Crippen molar-refractivity contribution in [2.75, 3.05) is 19.0 Å². The lowest BCUT2D eigenvalue weighted by Gasteiger charge is -2.18. The van der Waals surface area contributed by atoms with Crippen molar-refractivity contribution in [1.29, 1.82) is 0 Å². The molecule has 0 heterocycles. The molecule has 8 heteroatoms. The van der Waals surface area contributed by atoms with Crippen molar-refractivity contribution >= 4 is 17.5 Å². The molecule has 2 aromatic carbocycles. The molecule has 0 aromatic heterocycles. The van der Waals surface area contributed by atoms with Gasteiger partial charge in [-0.15, -0.1) is 0 Å². The Morgan fingerprint density at radius 1 is 1.04 bits per heavy atom. The fourth-order valence-corrected chi connectivity index (χ4v) is 2.55. The molecule has 27 heavy (non-hydrogen) atoms. The van der Waals surface area contributed by atoms with Crippen molar-refractivity contribution in [2.45, 2.75) is 19.2 Å². The third-order valence-corrected chi connectivity index (χ3v) is 3.95. The van der Waals surface area contributed by atoms with Crippen LogP contribution in [-0.4, -0.2) is 25.5 Å². The van der Waals surface area contributed by atoms with Gasteiger partial charge < -0.3 is 15.4 Å². The van der Waals surface area contributed by atoms with Gasteiger partial charge in [-0.1, -0.05) is 36.4 Å². The van der Waals surface area contributed by atoms with E-state index in [1.54, 1.807) is 0 Å². The molecule has 0 aliphatic heterocycles. The zero-order valence-electron chi connectivity index (χ0n) is 14.8. The number of hydrogen-bond acceptors (Lipinski definition) is 3. The summed E-state index contributed by atoms with van der Waals surface area (Å²) in [4.78, 5) is 23.9. The van der Waals surface area contributed by atoms with E-state index in [0.717, 1.165) is 23.3 Å². The van der Waals surface area contributed by atoms with Crippen LogP contribution in [0.3, 0.4) is 0 Å². The molecule has 0 radical (unpaired) electrons. The van der Waals surface area contributed by atoms with Crippen LogP contribution < -0.4 is 10.6 Å². The molecule has 2 N–H and O–H groups in total. The van der Waals surface area contributed by atoms with Crippen molar-refractivity contribution in [2.24, 2.45) is 0 Å². The summed E-state index contributed by atoms with van der Waals surface area (Å²) in [5, 5.41) is 4.38. The molecule has 1 atom stereocenters. The minimum atomic E-state index is -4.65. The van der Waals surface area contributed by atoms with Gasteiger partial charge in [-0.25, -0.2) is 0 Å². The highest BCUT2D eigenvalue weighted by Gasteiger charge is 2.34. The minimum absolute atomic E-state index is 0.00543. The van der Waals surface area contributed by atoms with Crippen LogP contribution in [0, 0.1) is 6.92 Å². The van der Waals surface area contributed by atoms with Gasteiger partial charge in [-0.3, -0.25) is 9.59 Å². The van der Waals surface area contributed by atoms with Gasteiger partial charge in [0.05, 0.1) is 17.4 Å². The summed E-state index contributed by atoms with van der Waals surface area (Å²) in [6, 6.07) is 11.8. The number of halogens is 3. The van der Waals surface area contributed by atoms with Crippen LogP contribution in [0.1, 0.15) is 22.8 Å². The highest BCUT2D eigenvalue weighted by molar-refractivity contribution is 6.39. The normalized spacial score (nSPS) is 12.3. The maximum absolute atomic E-state index is 13.0. The molecule has 0 saturated heterocycles. The first kappa shape index (κ1) is 20.4. The smallest absolute Gasteiger partial charge is 0.375 e. The predicted octanol–water partition coefficient (Wildman–Crippen LogP) is 3.46. The number of benzene rings is 2. The lowest BCUT2D eigenvalue weighted by molar-refractivity contribution is -0.138. The number of para-hydroxylation sites is 1. The highest BCUT2D eigenvalue weighted by Crippen LogP contribution is 2.34. The van der Waals surface area contributed by atoms with E-state index in [9.17, 15) is 22.8 Å². The van der Waals surface area contributed by atoms with Gasteiger partial charge in [-0.2, -0.15) is 13.2 Å². The lowest BCUT2D eigenvalue weighted by Crippen LogP contribution is -2.38. The van der Waals surface area contributed by atoms with Gasteiger partial charge in [0.1, 0.15) is 0 Å². The fraction of sp³-hybridized carbons (Fsp3) is 0.263. The van der Waals surface area contributed by atoms with E-state index in [4.69, 9.17) is 4.74 Å². The second-order valence-corrected chi connectivity index (χ2v) is 5.79. The number of alkyl halides is 3. The summed E-state index contributed by atoms with van der Waals surface area (Å²) in [5.41, 5.74) is 0.276. The SMILES string of the molecule is COC(CNC(=O)C(=O)Nc1ccccc1C(F)(F)F)c1ccccc1C. The van der Waals surface area contributed by atoms with Crippen LogP contribution in [0.5, 0.6) is 0 Å². The molecule has 0 fully saturated rings. The second-order valence-electron chi connectivity index (χ2n) is 5.79. The van der Waals surface area contributed by atoms with Gasteiger partial charge in [0.15, 0.2) is 0 Å². The molecule has 0 bridgehead atoms. The summed E-state index contributed by atoms with van der Waals surface area (Å²) < 4.78 is 44.2. The van der Waals surface area contributed by atoms with Crippen molar-refractivity contribution in [3.63, 3.8) is 0 Å². The predicted molar refractivity (Wildman–Crippen MR) is 94.0 cm³/mol. The second kappa shape index (κ2) is 8.68. The number of ether oxygens (including phenoxy) is 1. The molecule has 2 aromatic rings. The monoisotopic (exact) mass is 380 g/mol. The zero-order chi connectivity index (χ0) is 20.0. The third-order valence-electron chi connectivity index (χ3n) is 3.95. The summed E-state index contributed by atoms with van der Waals surface area (Å²) >= 11 is 0. The molecule has 2 rings (SSSR count). The first-order valence-corrected chi connectivity index (χ1v) is 8.07. The van der Waals surface area contributed by atoms with Gasteiger partial charge in [0.2, 0.25) is 0 Å². The fourth-order valence-electron chi connectivity index (χ4n) is 2.55. The Kier molecular flexibility index (Phi) is 6.57. The van der Waals surface area contributed by atoms with E-state index in [1.165, 1.54) is 19.2 Å². The van der Waals surface area contributed by atoms with Crippen LogP contribution in [0.15, 0.2) is 48.5 Å². The Morgan fingerprint density at radius 3 is 2.30 bits per heavy atom. The van der Waals surface area contributed by atoms with E-state index in [0.29, 0.717) is 0 Å². The van der Waals surface area contributed by atoms with Crippen LogP contribution in [0.25, 0.3) is 0 Å². The van der Waals surface area contributed by atoms with E-state index >= 15 is 0 Å². The van der Waals surface area contributed by atoms with Gasteiger partial charge >= 0.3 is 18.0 Å². The number of carbonyl (C=O) groups is 2.